The molecule has 117 valence electrons. The fourth-order valence-electron chi connectivity index (χ4n) is 1.30. The van der Waals surface area contributed by atoms with E-state index in [4.69, 9.17) is 9.39 Å². The van der Waals surface area contributed by atoms with Gasteiger partial charge in [0, 0.05) is 0 Å². The summed E-state index contributed by atoms with van der Waals surface area (Å²) in [5.74, 6) is 0.851. The predicted molar refractivity (Wildman–Crippen MR) is 88.2 cm³/mol. The molecule has 0 aliphatic heterocycles. The third-order valence-corrected chi connectivity index (χ3v) is 3.51. The van der Waals surface area contributed by atoms with E-state index in [1.54, 1.807) is 21.3 Å². The average molecular weight is 291 g/mol. The molecule has 0 spiro atoms. The van der Waals surface area contributed by atoms with Crippen LogP contribution in [0.2, 0.25) is 0 Å². The largest absolute Gasteiger partial charge is 0.493 e. The Morgan fingerprint density at radius 1 is 0.952 bits per heavy atom. The monoisotopic (exact) mass is 291 g/mol. The van der Waals surface area contributed by atoms with Crippen LogP contribution in [-0.2, 0) is 4.65 Å². The molecule has 0 aliphatic carbocycles. The van der Waals surface area contributed by atoms with Crippen molar-refractivity contribution in [3.05, 3.63) is 24.3 Å². The lowest BCUT2D eigenvalue weighted by molar-refractivity contribution is -0.0893. The molecule has 1 aromatic carbocycles. The summed E-state index contributed by atoms with van der Waals surface area (Å²) in [5, 5.41) is 10.0. The Labute approximate surface area is 129 Å². The average Bonchev–Trinajstić information content (AvgIpc) is 2.33. The molecule has 1 radical (unpaired) electrons. The van der Waals surface area contributed by atoms with Crippen LogP contribution in [0.15, 0.2) is 24.3 Å². The fourth-order valence-corrected chi connectivity index (χ4v) is 1.30. The maximum atomic E-state index is 10.0. The number of hydrogen-bond acceptors (Lipinski definition) is 3. The van der Waals surface area contributed by atoms with Gasteiger partial charge in [0.1, 0.15) is 5.75 Å². The molecule has 4 heteroatoms. The van der Waals surface area contributed by atoms with Gasteiger partial charge in [-0.2, -0.15) is 0 Å². The highest BCUT2D eigenvalue weighted by Gasteiger charge is 2.35. The summed E-state index contributed by atoms with van der Waals surface area (Å²) in [6.45, 7) is 14.3. The number of rotatable bonds is 6. The van der Waals surface area contributed by atoms with E-state index in [1.165, 1.54) is 0 Å². The predicted octanol–water partition coefficient (Wildman–Crippen LogP) is 2.92. The van der Waals surface area contributed by atoms with Crippen molar-refractivity contribution < 1.29 is 14.5 Å². The van der Waals surface area contributed by atoms with E-state index in [2.05, 4.69) is 20.8 Å². The second-order valence-corrected chi connectivity index (χ2v) is 7.72. The molecule has 0 unspecified atom stereocenters. The molecule has 0 atom stereocenters. The molecule has 0 heterocycles. The van der Waals surface area contributed by atoms with Crippen LogP contribution in [0.4, 0.5) is 0 Å². The Hall–Kier alpha value is -0.995. The van der Waals surface area contributed by atoms with E-state index >= 15 is 0 Å². The first-order valence-electron chi connectivity index (χ1n) is 7.37. The Morgan fingerprint density at radius 3 is 1.90 bits per heavy atom. The van der Waals surface area contributed by atoms with Gasteiger partial charge in [0.15, 0.2) is 0 Å². The first-order valence-corrected chi connectivity index (χ1v) is 7.37. The summed E-state index contributed by atoms with van der Waals surface area (Å²) in [4.78, 5) is 0. The topological polar surface area (TPSA) is 38.7 Å². The smallest absolute Gasteiger partial charge is 0.330 e. The van der Waals surface area contributed by atoms with Gasteiger partial charge in [0.05, 0.1) is 17.8 Å². The lowest BCUT2D eigenvalue weighted by Crippen LogP contribution is -2.49. The maximum Gasteiger partial charge on any atom is 0.330 e. The van der Waals surface area contributed by atoms with Crippen LogP contribution in [0.25, 0.3) is 0 Å². The summed E-state index contributed by atoms with van der Waals surface area (Å²) in [5.41, 5.74) is -0.492. The lowest BCUT2D eigenvalue weighted by Gasteiger charge is -2.37. The molecule has 0 fully saturated rings. The van der Waals surface area contributed by atoms with Gasteiger partial charge in [-0.05, 0) is 45.2 Å². The van der Waals surface area contributed by atoms with E-state index in [9.17, 15) is 5.11 Å². The molecule has 0 aromatic heterocycles. The molecule has 1 rings (SSSR count). The van der Waals surface area contributed by atoms with E-state index in [0.29, 0.717) is 6.61 Å². The van der Waals surface area contributed by atoms with E-state index < -0.39 is 11.2 Å². The lowest BCUT2D eigenvalue weighted by atomic mass is 9.82. The number of ether oxygens (including phenoxy) is 1. The molecule has 21 heavy (non-hydrogen) atoms. The van der Waals surface area contributed by atoms with Crippen molar-refractivity contribution in [2.75, 3.05) is 6.61 Å². The minimum absolute atomic E-state index is 0.143. The number of hydrogen-bond donors (Lipinski definition) is 1. The van der Waals surface area contributed by atoms with Crippen LogP contribution >= 0.6 is 0 Å². The molecule has 0 amide bonds. The summed E-state index contributed by atoms with van der Waals surface area (Å²) in [6.07, 6.45) is 0. The first-order chi connectivity index (χ1) is 9.41. The highest BCUT2D eigenvalue weighted by molar-refractivity contribution is 6.47. The zero-order valence-corrected chi connectivity index (χ0v) is 14.4. The molecule has 0 saturated carbocycles. The van der Waals surface area contributed by atoms with Gasteiger partial charge in [0.25, 0.3) is 0 Å². The molecule has 3 nitrogen and oxygen atoms in total. The normalized spacial score (nSPS) is 13.1. The van der Waals surface area contributed by atoms with Crippen molar-refractivity contribution in [3.8, 4) is 5.75 Å². The summed E-state index contributed by atoms with van der Waals surface area (Å²) < 4.78 is 11.4. The van der Waals surface area contributed by atoms with Crippen LogP contribution in [0.5, 0.6) is 5.75 Å². The molecule has 0 bridgehead atoms. The van der Waals surface area contributed by atoms with Crippen LogP contribution < -0.4 is 10.2 Å². The van der Waals surface area contributed by atoms with Crippen molar-refractivity contribution in [1.82, 2.24) is 0 Å². The zero-order chi connectivity index (χ0) is 16.3. The SMILES string of the molecule is CC(C)(C)COc1ccc([B]OC(C)(C)C(C)(C)O)cc1. The molecule has 0 saturated heterocycles. The first kappa shape index (κ1) is 18.1. The Bertz CT molecular complexity index is 439. The summed E-state index contributed by atoms with van der Waals surface area (Å²) in [7, 11) is 1.67. The van der Waals surface area contributed by atoms with Crippen molar-refractivity contribution in [2.24, 2.45) is 5.41 Å². The van der Waals surface area contributed by atoms with Crippen molar-refractivity contribution in [1.29, 1.82) is 0 Å². The van der Waals surface area contributed by atoms with Gasteiger partial charge < -0.3 is 14.5 Å². The van der Waals surface area contributed by atoms with Crippen LogP contribution in [0.3, 0.4) is 0 Å². The zero-order valence-electron chi connectivity index (χ0n) is 14.4. The van der Waals surface area contributed by atoms with Gasteiger partial charge in [0.2, 0.25) is 0 Å². The van der Waals surface area contributed by atoms with E-state index in [-0.39, 0.29) is 5.41 Å². The Morgan fingerprint density at radius 2 is 1.48 bits per heavy atom. The summed E-state index contributed by atoms with van der Waals surface area (Å²) >= 11 is 0. The minimum atomic E-state index is -0.917. The third kappa shape index (κ3) is 6.10. The Balaban J connectivity index is 2.56. The van der Waals surface area contributed by atoms with Gasteiger partial charge in [-0.15, -0.1) is 0 Å². The highest BCUT2D eigenvalue weighted by atomic mass is 16.5. The van der Waals surface area contributed by atoms with Crippen LogP contribution in [0.1, 0.15) is 48.5 Å². The van der Waals surface area contributed by atoms with E-state index in [1.807, 2.05) is 38.1 Å². The third-order valence-electron chi connectivity index (χ3n) is 3.51. The van der Waals surface area contributed by atoms with Gasteiger partial charge in [-0.3, -0.25) is 0 Å². The maximum absolute atomic E-state index is 10.0. The second-order valence-electron chi connectivity index (χ2n) is 7.72. The second kappa shape index (κ2) is 6.41. The molecule has 1 N–H and O–H groups in total. The Kier molecular flexibility index (Phi) is 5.51. The van der Waals surface area contributed by atoms with Crippen molar-refractivity contribution in [3.63, 3.8) is 0 Å². The molecular formula is C17H28BO3. The fraction of sp³-hybridized carbons (Fsp3) is 0.647. The number of aliphatic hydroxyl groups is 1. The number of benzene rings is 1. The van der Waals surface area contributed by atoms with Gasteiger partial charge in [-0.25, -0.2) is 0 Å². The molecule has 0 aliphatic rings. The van der Waals surface area contributed by atoms with Gasteiger partial charge in [-0.1, -0.05) is 38.4 Å². The summed E-state index contributed by atoms with van der Waals surface area (Å²) in [6, 6.07) is 7.74. The van der Waals surface area contributed by atoms with Crippen molar-refractivity contribution in [2.45, 2.75) is 59.7 Å². The van der Waals surface area contributed by atoms with Crippen molar-refractivity contribution >= 4 is 12.9 Å². The van der Waals surface area contributed by atoms with E-state index in [0.717, 1.165) is 11.2 Å². The standard InChI is InChI=1S/C17H28BO3/c1-15(2,3)12-20-14-10-8-13(9-11-14)18-21-17(6,7)16(4,5)19/h8-11,19H,12H2,1-7H3. The highest BCUT2D eigenvalue weighted by Crippen LogP contribution is 2.24. The minimum Gasteiger partial charge on any atom is -0.493 e. The molecular weight excluding hydrogens is 263 g/mol. The quantitative estimate of drug-likeness (QED) is 0.819. The molecule has 1 aromatic rings. The van der Waals surface area contributed by atoms with Gasteiger partial charge >= 0.3 is 7.48 Å². The van der Waals surface area contributed by atoms with Crippen LogP contribution in [-0.4, -0.2) is 30.4 Å². The van der Waals surface area contributed by atoms with Crippen LogP contribution in [0, 0.1) is 5.41 Å².